The van der Waals surface area contributed by atoms with Gasteiger partial charge in [0, 0.05) is 29.2 Å². The quantitative estimate of drug-likeness (QED) is 0.797. The van der Waals surface area contributed by atoms with Crippen LogP contribution in [0.3, 0.4) is 0 Å². The second kappa shape index (κ2) is 3.36. The third-order valence-corrected chi connectivity index (χ3v) is 4.13. The van der Waals surface area contributed by atoms with E-state index in [4.69, 9.17) is 11.6 Å². The number of ketones is 1. The molecule has 0 spiro atoms. The van der Waals surface area contributed by atoms with Crippen molar-refractivity contribution in [3.05, 3.63) is 35.0 Å². The van der Waals surface area contributed by atoms with Crippen molar-refractivity contribution in [3.63, 3.8) is 0 Å². The van der Waals surface area contributed by atoms with Crippen molar-refractivity contribution in [2.45, 2.75) is 25.2 Å². The van der Waals surface area contributed by atoms with Crippen LogP contribution in [0.5, 0.6) is 0 Å². The highest BCUT2D eigenvalue weighted by atomic mass is 35.5. The Morgan fingerprint density at radius 3 is 2.71 bits per heavy atom. The molecule has 88 valence electrons. The molecular formula is C14H14ClNO. The van der Waals surface area contributed by atoms with Gasteiger partial charge in [0.05, 0.1) is 5.41 Å². The number of carbonyl (C=O) groups is 1. The maximum atomic E-state index is 11.8. The van der Waals surface area contributed by atoms with E-state index in [0.29, 0.717) is 0 Å². The summed E-state index contributed by atoms with van der Waals surface area (Å²) < 4.78 is 2.06. The Hall–Kier alpha value is -1.28. The van der Waals surface area contributed by atoms with Crippen LogP contribution in [0.25, 0.3) is 10.9 Å². The van der Waals surface area contributed by atoms with E-state index in [9.17, 15) is 4.79 Å². The van der Waals surface area contributed by atoms with E-state index in [1.807, 2.05) is 25.2 Å². The summed E-state index contributed by atoms with van der Waals surface area (Å²) in [4.78, 5) is 11.8. The normalized spacial score (nSPS) is 17.4. The third kappa shape index (κ3) is 1.44. The van der Waals surface area contributed by atoms with E-state index < -0.39 is 0 Å². The number of halogens is 1. The second-order valence-corrected chi connectivity index (χ2v) is 5.39. The maximum Gasteiger partial charge on any atom is 0.140 e. The molecule has 2 nitrogen and oxygen atoms in total. The minimum atomic E-state index is -0.215. The van der Waals surface area contributed by atoms with Crippen LogP contribution in [0.15, 0.2) is 24.4 Å². The summed E-state index contributed by atoms with van der Waals surface area (Å²) in [6.07, 6.45) is 4.03. The summed E-state index contributed by atoms with van der Waals surface area (Å²) in [6.45, 7) is 1.70. The number of aromatic nitrogens is 1. The van der Waals surface area contributed by atoms with Crippen molar-refractivity contribution in [1.29, 1.82) is 0 Å². The second-order valence-electron chi connectivity index (χ2n) is 4.95. The zero-order valence-corrected chi connectivity index (χ0v) is 10.7. The monoisotopic (exact) mass is 247 g/mol. The molecule has 0 unspecified atom stereocenters. The molecule has 1 saturated carbocycles. The number of nitrogens with zero attached hydrogens (tertiary/aromatic N) is 1. The Balaban J connectivity index is 2.29. The van der Waals surface area contributed by atoms with E-state index in [1.54, 1.807) is 6.92 Å². The summed E-state index contributed by atoms with van der Waals surface area (Å²) in [6, 6.07) is 5.87. The number of carbonyl (C=O) groups excluding carboxylic acids is 1. The van der Waals surface area contributed by atoms with Crippen molar-refractivity contribution in [1.82, 2.24) is 4.57 Å². The van der Waals surface area contributed by atoms with Crippen LogP contribution in [0, 0.1) is 0 Å². The fraction of sp³-hybridized carbons (Fsp3) is 0.357. The van der Waals surface area contributed by atoms with Gasteiger partial charge >= 0.3 is 0 Å². The van der Waals surface area contributed by atoms with Gasteiger partial charge in [0.25, 0.3) is 0 Å². The topological polar surface area (TPSA) is 22.0 Å². The van der Waals surface area contributed by atoms with E-state index in [2.05, 4.69) is 10.8 Å². The Labute approximate surface area is 105 Å². The molecule has 0 aliphatic heterocycles. The first-order valence-electron chi connectivity index (χ1n) is 5.81. The molecule has 0 bridgehead atoms. The summed E-state index contributed by atoms with van der Waals surface area (Å²) >= 11 is 6.01. The molecule has 0 N–H and O–H groups in total. The fourth-order valence-corrected chi connectivity index (χ4v) is 2.84. The Kier molecular flexibility index (Phi) is 2.14. The predicted octanol–water partition coefficient (Wildman–Crippen LogP) is 3.45. The van der Waals surface area contributed by atoms with E-state index in [-0.39, 0.29) is 11.2 Å². The highest BCUT2D eigenvalue weighted by molar-refractivity contribution is 6.31. The molecule has 1 aromatic carbocycles. The van der Waals surface area contributed by atoms with Crippen molar-refractivity contribution in [2.24, 2.45) is 7.05 Å². The maximum absolute atomic E-state index is 11.8. The minimum Gasteiger partial charge on any atom is -0.350 e. The van der Waals surface area contributed by atoms with Gasteiger partial charge in [-0.25, -0.2) is 0 Å². The zero-order valence-electron chi connectivity index (χ0n) is 9.96. The van der Waals surface area contributed by atoms with Crippen LogP contribution >= 0.6 is 11.6 Å². The molecule has 1 aliphatic carbocycles. The van der Waals surface area contributed by atoms with Crippen LogP contribution < -0.4 is 0 Å². The zero-order chi connectivity index (χ0) is 12.2. The average molecular weight is 248 g/mol. The molecule has 1 aromatic heterocycles. The third-order valence-electron chi connectivity index (χ3n) is 3.89. The van der Waals surface area contributed by atoms with Gasteiger partial charge in [-0.1, -0.05) is 17.7 Å². The van der Waals surface area contributed by atoms with Gasteiger partial charge in [-0.05, 0) is 37.5 Å². The number of aryl methyl sites for hydroxylation is 1. The molecule has 3 heteroatoms. The van der Waals surface area contributed by atoms with E-state index in [0.717, 1.165) is 28.8 Å². The molecule has 0 saturated heterocycles. The van der Waals surface area contributed by atoms with Crippen molar-refractivity contribution < 1.29 is 4.79 Å². The first kappa shape index (κ1) is 10.8. The lowest BCUT2D eigenvalue weighted by molar-refractivity contribution is -0.119. The van der Waals surface area contributed by atoms with Gasteiger partial charge in [0.2, 0.25) is 0 Å². The number of fused-ring (bicyclic) bond motifs is 1. The van der Waals surface area contributed by atoms with Crippen molar-refractivity contribution in [2.75, 3.05) is 0 Å². The van der Waals surface area contributed by atoms with Crippen LogP contribution in [0.1, 0.15) is 25.3 Å². The number of hydrogen-bond donors (Lipinski definition) is 0. The number of benzene rings is 1. The molecule has 17 heavy (non-hydrogen) atoms. The smallest absolute Gasteiger partial charge is 0.140 e. The van der Waals surface area contributed by atoms with Crippen molar-refractivity contribution >= 4 is 28.3 Å². The predicted molar refractivity (Wildman–Crippen MR) is 69.5 cm³/mol. The standard InChI is InChI=1S/C14H14ClNO/c1-9(17)14(5-6-14)12-8-16(2)13-7-10(15)3-4-11(12)13/h3-4,7-8H,5-6H2,1-2H3. The molecular weight excluding hydrogens is 234 g/mol. The summed E-state index contributed by atoms with van der Waals surface area (Å²) in [5.41, 5.74) is 2.05. The first-order valence-corrected chi connectivity index (χ1v) is 6.18. The Morgan fingerprint density at radius 2 is 2.12 bits per heavy atom. The van der Waals surface area contributed by atoms with Crippen LogP contribution in [0.4, 0.5) is 0 Å². The summed E-state index contributed by atoms with van der Waals surface area (Å²) in [5, 5.41) is 1.89. The van der Waals surface area contributed by atoms with Gasteiger partial charge in [-0.15, -0.1) is 0 Å². The van der Waals surface area contributed by atoms with E-state index >= 15 is 0 Å². The van der Waals surface area contributed by atoms with Gasteiger partial charge < -0.3 is 4.57 Å². The summed E-state index contributed by atoms with van der Waals surface area (Å²) in [7, 11) is 2.00. The average Bonchev–Trinajstić information content (AvgIpc) is 3.02. The van der Waals surface area contributed by atoms with Gasteiger partial charge in [0.1, 0.15) is 5.78 Å². The largest absolute Gasteiger partial charge is 0.350 e. The molecule has 0 amide bonds. The Bertz CT molecular complexity index is 622. The molecule has 0 radical (unpaired) electrons. The van der Waals surface area contributed by atoms with Gasteiger partial charge in [0.15, 0.2) is 0 Å². The number of hydrogen-bond acceptors (Lipinski definition) is 1. The summed E-state index contributed by atoms with van der Waals surface area (Å²) in [5.74, 6) is 0.278. The molecule has 1 heterocycles. The number of Topliss-reactive ketones (excluding diaryl/α,β-unsaturated/α-hetero) is 1. The first-order chi connectivity index (χ1) is 8.04. The lowest BCUT2D eigenvalue weighted by Crippen LogP contribution is -2.16. The van der Waals surface area contributed by atoms with E-state index in [1.165, 1.54) is 5.56 Å². The number of rotatable bonds is 2. The molecule has 1 aliphatic rings. The minimum absolute atomic E-state index is 0.215. The van der Waals surface area contributed by atoms with Crippen LogP contribution in [0.2, 0.25) is 5.02 Å². The molecule has 1 fully saturated rings. The molecule has 2 aromatic rings. The molecule has 3 rings (SSSR count). The lowest BCUT2D eigenvalue weighted by atomic mass is 9.92. The van der Waals surface area contributed by atoms with Crippen LogP contribution in [-0.2, 0) is 17.3 Å². The van der Waals surface area contributed by atoms with Gasteiger partial charge in [-0.2, -0.15) is 0 Å². The lowest BCUT2D eigenvalue weighted by Gasteiger charge is -2.09. The highest BCUT2D eigenvalue weighted by Crippen LogP contribution is 2.51. The fourth-order valence-electron chi connectivity index (χ4n) is 2.67. The Morgan fingerprint density at radius 1 is 1.41 bits per heavy atom. The van der Waals surface area contributed by atoms with Crippen LogP contribution in [-0.4, -0.2) is 10.4 Å². The van der Waals surface area contributed by atoms with Gasteiger partial charge in [-0.3, -0.25) is 4.79 Å². The SMILES string of the molecule is CC(=O)C1(c2cn(C)c3cc(Cl)ccc23)CC1. The highest BCUT2D eigenvalue weighted by Gasteiger charge is 2.50. The van der Waals surface area contributed by atoms with Crippen molar-refractivity contribution in [3.8, 4) is 0 Å². The molecule has 0 atom stereocenters.